The van der Waals surface area contributed by atoms with Crippen molar-refractivity contribution in [3.8, 4) is 0 Å². The highest BCUT2D eigenvalue weighted by Gasteiger charge is 2.41. The molecule has 0 aromatic heterocycles. The maximum atomic E-state index is 12.0. The van der Waals surface area contributed by atoms with E-state index in [4.69, 9.17) is 0 Å². The molecule has 3 saturated heterocycles. The Balaban J connectivity index is 1.34. The van der Waals surface area contributed by atoms with E-state index in [0.29, 0.717) is 31.5 Å². The van der Waals surface area contributed by atoms with Crippen LogP contribution in [0.25, 0.3) is 0 Å². The maximum absolute atomic E-state index is 12.0. The van der Waals surface area contributed by atoms with Gasteiger partial charge < -0.3 is 20.0 Å². The minimum absolute atomic E-state index is 0.0614. The first-order valence-corrected chi connectivity index (χ1v) is 11.6. The lowest BCUT2D eigenvalue weighted by Gasteiger charge is -2.29. The maximum Gasteiger partial charge on any atom is 0.317 e. The molecule has 148 valence electrons. The molecule has 8 heteroatoms. The number of nitrogens with one attached hydrogen (secondary N) is 1. The van der Waals surface area contributed by atoms with E-state index in [0.717, 1.165) is 31.9 Å². The number of amides is 2. The Labute approximate surface area is 161 Å². The number of carbonyl (C=O) groups is 1. The lowest BCUT2D eigenvalue weighted by Crippen LogP contribution is -2.40. The second-order valence-corrected chi connectivity index (χ2v) is 10.1. The number of likely N-dealkylation sites (tertiary alicyclic amines) is 1. The normalized spacial score (nSPS) is 26.9. The van der Waals surface area contributed by atoms with Crippen molar-refractivity contribution < 1.29 is 13.2 Å². The first kappa shape index (κ1) is 18.4. The van der Waals surface area contributed by atoms with Crippen LogP contribution in [0.3, 0.4) is 0 Å². The van der Waals surface area contributed by atoms with E-state index >= 15 is 0 Å². The molecule has 0 spiro atoms. The minimum atomic E-state index is -2.85. The summed E-state index contributed by atoms with van der Waals surface area (Å²) in [7, 11) is -2.85. The number of carbonyl (C=O) groups excluding carboxylic acids is 1. The van der Waals surface area contributed by atoms with Crippen LogP contribution in [0.5, 0.6) is 0 Å². The van der Waals surface area contributed by atoms with Crippen LogP contribution < -0.4 is 15.1 Å². The van der Waals surface area contributed by atoms with Gasteiger partial charge in [0.1, 0.15) is 0 Å². The third-order valence-electron chi connectivity index (χ3n) is 6.03. The number of benzene rings is 1. The molecule has 3 aliphatic rings. The Hall–Kier alpha value is -1.96. The Morgan fingerprint density at radius 1 is 0.963 bits per heavy atom. The molecule has 1 N–H and O–H groups in total. The van der Waals surface area contributed by atoms with Crippen LogP contribution in [-0.4, -0.2) is 76.7 Å². The van der Waals surface area contributed by atoms with Gasteiger partial charge in [0.2, 0.25) is 0 Å². The Morgan fingerprint density at radius 2 is 1.48 bits per heavy atom. The summed E-state index contributed by atoms with van der Waals surface area (Å²) in [6.45, 7) is 7.43. The highest BCUT2D eigenvalue weighted by atomic mass is 32.2. The predicted octanol–water partition coefficient (Wildman–Crippen LogP) is 1.02. The second-order valence-electron chi connectivity index (χ2n) is 7.82. The molecular weight excluding hydrogens is 364 g/mol. The van der Waals surface area contributed by atoms with E-state index < -0.39 is 9.84 Å². The molecule has 0 radical (unpaired) electrons. The monoisotopic (exact) mass is 392 g/mol. The van der Waals surface area contributed by atoms with Crippen LogP contribution in [0.2, 0.25) is 0 Å². The smallest absolute Gasteiger partial charge is 0.317 e. The van der Waals surface area contributed by atoms with Gasteiger partial charge in [-0.05, 0) is 31.2 Å². The van der Waals surface area contributed by atoms with E-state index in [-0.39, 0.29) is 17.5 Å². The first-order chi connectivity index (χ1) is 12.9. The average molecular weight is 393 g/mol. The van der Waals surface area contributed by atoms with Gasteiger partial charge in [0.15, 0.2) is 9.84 Å². The van der Waals surface area contributed by atoms with Gasteiger partial charge in [0, 0.05) is 69.0 Å². The lowest BCUT2D eigenvalue weighted by atomic mass is 10.0. The average Bonchev–Trinajstić information content (AvgIpc) is 3.21. The minimum Gasteiger partial charge on any atom is -0.371 e. The van der Waals surface area contributed by atoms with Crippen LogP contribution in [0, 0.1) is 11.8 Å². The van der Waals surface area contributed by atoms with Gasteiger partial charge in [-0.1, -0.05) is 0 Å². The van der Waals surface area contributed by atoms with Crippen LogP contribution in [0.1, 0.15) is 6.92 Å². The molecule has 0 bridgehead atoms. The second kappa shape index (κ2) is 7.22. The number of anilines is 2. The number of hydrogen-bond donors (Lipinski definition) is 1. The van der Waals surface area contributed by atoms with Crippen LogP contribution in [-0.2, 0) is 9.84 Å². The molecule has 2 amide bonds. The summed E-state index contributed by atoms with van der Waals surface area (Å²) in [5.74, 6) is 1.57. The summed E-state index contributed by atoms with van der Waals surface area (Å²) in [4.78, 5) is 18.5. The molecule has 1 aromatic rings. The summed E-state index contributed by atoms with van der Waals surface area (Å²) in [6.07, 6.45) is 0. The van der Waals surface area contributed by atoms with Crippen molar-refractivity contribution in [3.05, 3.63) is 24.3 Å². The molecule has 3 fully saturated rings. The number of hydrogen-bond acceptors (Lipinski definition) is 5. The van der Waals surface area contributed by atoms with Crippen LogP contribution >= 0.6 is 0 Å². The first-order valence-electron chi connectivity index (χ1n) is 9.78. The molecule has 1 aromatic carbocycles. The largest absolute Gasteiger partial charge is 0.371 e. The van der Waals surface area contributed by atoms with Crippen molar-refractivity contribution in [1.29, 1.82) is 0 Å². The van der Waals surface area contributed by atoms with Gasteiger partial charge in [-0.25, -0.2) is 13.2 Å². The van der Waals surface area contributed by atoms with Crippen molar-refractivity contribution in [2.75, 3.05) is 67.1 Å². The third-order valence-corrected chi connectivity index (χ3v) is 7.64. The van der Waals surface area contributed by atoms with Gasteiger partial charge >= 0.3 is 6.03 Å². The number of nitrogens with zero attached hydrogens (tertiary/aromatic N) is 3. The van der Waals surface area contributed by atoms with Crippen molar-refractivity contribution in [1.82, 2.24) is 10.2 Å². The Morgan fingerprint density at radius 3 is 2.00 bits per heavy atom. The zero-order valence-electron chi connectivity index (χ0n) is 15.8. The summed E-state index contributed by atoms with van der Waals surface area (Å²) in [5.41, 5.74) is 2.30. The lowest BCUT2D eigenvalue weighted by molar-refractivity contribution is 0.206. The van der Waals surface area contributed by atoms with Gasteiger partial charge in [-0.2, -0.15) is 0 Å². The summed E-state index contributed by atoms with van der Waals surface area (Å²) < 4.78 is 23.2. The van der Waals surface area contributed by atoms with E-state index in [2.05, 4.69) is 39.4 Å². The molecule has 2 unspecified atom stereocenters. The van der Waals surface area contributed by atoms with Gasteiger partial charge in [0.25, 0.3) is 0 Å². The third kappa shape index (κ3) is 3.85. The topological polar surface area (TPSA) is 73.0 Å². The molecule has 3 aliphatic heterocycles. The highest BCUT2D eigenvalue weighted by molar-refractivity contribution is 7.91. The van der Waals surface area contributed by atoms with E-state index in [9.17, 15) is 13.2 Å². The molecule has 0 saturated carbocycles. The molecule has 4 rings (SSSR count). The van der Waals surface area contributed by atoms with Crippen molar-refractivity contribution in [2.24, 2.45) is 11.8 Å². The standard InChI is InChI=1S/C19H28N4O3S/c1-2-20-19(24)23-13-15-11-22(12-16(15)14-23)18-5-3-17(4-6-18)21-7-9-27(25,26)10-8-21/h3-6,15-16H,2,7-14H2,1H3,(H,20,24). The van der Waals surface area contributed by atoms with Crippen molar-refractivity contribution >= 4 is 27.2 Å². The van der Waals surface area contributed by atoms with Gasteiger partial charge in [-0.3, -0.25) is 0 Å². The molecule has 27 heavy (non-hydrogen) atoms. The summed E-state index contributed by atoms with van der Waals surface area (Å²) in [6, 6.07) is 8.54. The predicted molar refractivity (Wildman–Crippen MR) is 107 cm³/mol. The van der Waals surface area contributed by atoms with E-state index in [1.54, 1.807) is 0 Å². The Kier molecular flexibility index (Phi) is 4.92. The number of urea groups is 1. The SMILES string of the molecule is CCNC(=O)N1CC2CN(c3ccc(N4CCS(=O)(=O)CC4)cc3)CC2C1. The summed E-state index contributed by atoms with van der Waals surface area (Å²) in [5, 5.41) is 2.89. The quantitative estimate of drug-likeness (QED) is 0.832. The molecule has 2 atom stereocenters. The zero-order chi connectivity index (χ0) is 19.0. The van der Waals surface area contributed by atoms with Gasteiger partial charge in [-0.15, -0.1) is 0 Å². The van der Waals surface area contributed by atoms with E-state index in [1.807, 2.05) is 11.8 Å². The Bertz CT molecular complexity index is 768. The highest BCUT2D eigenvalue weighted by Crippen LogP contribution is 2.34. The van der Waals surface area contributed by atoms with E-state index in [1.165, 1.54) is 5.69 Å². The zero-order valence-corrected chi connectivity index (χ0v) is 16.6. The fraction of sp³-hybridized carbons (Fsp3) is 0.632. The summed E-state index contributed by atoms with van der Waals surface area (Å²) >= 11 is 0. The molecular formula is C19H28N4O3S. The van der Waals surface area contributed by atoms with Crippen molar-refractivity contribution in [2.45, 2.75) is 6.92 Å². The van der Waals surface area contributed by atoms with Gasteiger partial charge in [0.05, 0.1) is 11.5 Å². The molecule has 0 aliphatic carbocycles. The number of rotatable bonds is 3. The van der Waals surface area contributed by atoms with Crippen LogP contribution in [0.15, 0.2) is 24.3 Å². The number of fused-ring (bicyclic) bond motifs is 1. The van der Waals surface area contributed by atoms with Crippen LogP contribution in [0.4, 0.5) is 16.2 Å². The fourth-order valence-electron chi connectivity index (χ4n) is 4.48. The number of sulfone groups is 1. The van der Waals surface area contributed by atoms with Crippen molar-refractivity contribution in [3.63, 3.8) is 0 Å². The fourth-order valence-corrected chi connectivity index (χ4v) is 5.68. The molecule has 7 nitrogen and oxygen atoms in total. The molecule has 3 heterocycles.